The molecule has 0 bridgehead atoms. The Balaban J connectivity index is 2.15. The van der Waals surface area contributed by atoms with Gasteiger partial charge in [0.1, 0.15) is 5.82 Å². The predicted octanol–water partition coefficient (Wildman–Crippen LogP) is 2.83. The molecule has 0 aromatic carbocycles. The lowest BCUT2D eigenvalue weighted by atomic mass is 10.3. The Morgan fingerprint density at radius 1 is 1.39 bits per heavy atom. The number of rotatable bonds is 7. The molecule has 1 saturated carbocycles. The number of pyridine rings is 1. The Morgan fingerprint density at radius 3 is 2.78 bits per heavy atom. The Morgan fingerprint density at radius 2 is 2.17 bits per heavy atom. The molecule has 0 unspecified atom stereocenters. The summed E-state index contributed by atoms with van der Waals surface area (Å²) in [5, 5.41) is 0. The summed E-state index contributed by atoms with van der Waals surface area (Å²) < 4.78 is 5.47. The summed E-state index contributed by atoms with van der Waals surface area (Å²) in [6, 6.07) is 4.57. The highest BCUT2D eigenvalue weighted by Gasteiger charge is 2.29. The molecule has 0 spiro atoms. The zero-order valence-electron chi connectivity index (χ0n) is 11.4. The molecule has 1 fully saturated rings. The van der Waals surface area contributed by atoms with Crippen molar-refractivity contribution in [1.29, 1.82) is 0 Å². The Kier molecular flexibility index (Phi) is 4.28. The van der Waals surface area contributed by atoms with Gasteiger partial charge in [0, 0.05) is 12.6 Å². The van der Waals surface area contributed by atoms with E-state index in [0.717, 1.165) is 12.4 Å². The highest BCUT2D eigenvalue weighted by molar-refractivity contribution is 5.55. The molecule has 0 saturated heterocycles. The highest BCUT2D eigenvalue weighted by Crippen LogP contribution is 2.33. The first-order chi connectivity index (χ1) is 8.76. The van der Waals surface area contributed by atoms with Crippen LogP contribution in [0.2, 0.25) is 0 Å². The Labute approximate surface area is 109 Å². The second-order valence-corrected chi connectivity index (χ2v) is 4.77. The molecule has 1 heterocycles. The molecule has 0 aliphatic heterocycles. The van der Waals surface area contributed by atoms with Crippen LogP contribution in [0.4, 0.5) is 11.5 Å². The number of nitrogen functional groups attached to an aromatic ring is 1. The predicted molar refractivity (Wildman–Crippen MR) is 75.1 cm³/mol. The van der Waals surface area contributed by atoms with E-state index in [0.29, 0.717) is 24.2 Å². The normalized spacial score (nSPS) is 14.6. The van der Waals surface area contributed by atoms with Crippen LogP contribution in [0.5, 0.6) is 5.88 Å². The highest BCUT2D eigenvalue weighted by atomic mass is 16.5. The molecule has 2 N–H and O–H groups in total. The van der Waals surface area contributed by atoms with Gasteiger partial charge in [0.05, 0.1) is 12.3 Å². The van der Waals surface area contributed by atoms with Gasteiger partial charge in [-0.05, 0) is 38.3 Å². The molecule has 0 atom stereocenters. The van der Waals surface area contributed by atoms with Gasteiger partial charge in [0.25, 0.3) is 0 Å². The molecule has 1 aliphatic carbocycles. The van der Waals surface area contributed by atoms with Gasteiger partial charge in [-0.2, -0.15) is 4.98 Å². The van der Waals surface area contributed by atoms with Gasteiger partial charge in [-0.25, -0.2) is 0 Å². The van der Waals surface area contributed by atoms with E-state index in [1.165, 1.54) is 25.7 Å². The van der Waals surface area contributed by atoms with Crippen molar-refractivity contribution in [3.8, 4) is 5.88 Å². The maximum atomic E-state index is 5.86. The second kappa shape index (κ2) is 5.94. The molecule has 18 heavy (non-hydrogen) atoms. The van der Waals surface area contributed by atoms with Crippen LogP contribution in [-0.4, -0.2) is 24.2 Å². The standard InChI is InChI=1S/C14H23N3O/c1-3-5-10-17(11-6-7-11)13-9-8-12(15)14(16-13)18-4-2/h8-9,11H,3-7,10,15H2,1-2H3. The first-order valence-corrected chi connectivity index (χ1v) is 6.92. The summed E-state index contributed by atoms with van der Waals surface area (Å²) in [7, 11) is 0. The van der Waals surface area contributed by atoms with Crippen molar-refractivity contribution in [3.05, 3.63) is 12.1 Å². The van der Waals surface area contributed by atoms with Crippen molar-refractivity contribution < 1.29 is 4.74 Å². The number of anilines is 2. The van der Waals surface area contributed by atoms with Crippen molar-refractivity contribution in [3.63, 3.8) is 0 Å². The third-order valence-corrected chi connectivity index (χ3v) is 3.19. The summed E-state index contributed by atoms with van der Waals surface area (Å²) in [5.74, 6) is 1.57. The van der Waals surface area contributed by atoms with Crippen LogP contribution in [0.3, 0.4) is 0 Å². The number of ether oxygens (including phenoxy) is 1. The van der Waals surface area contributed by atoms with Crippen LogP contribution in [0.1, 0.15) is 39.5 Å². The molecule has 0 radical (unpaired) electrons. The SMILES string of the molecule is CCCCN(c1ccc(N)c(OCC)n1)C1CC1. The number of hydrogen-bond acceptors (Lipinski definition) is 4. The van der Waals surface area contributed by atoms with Gasteiger partial charge in [0.2, 0.25) is 5.88 Å². The fraction of sp³-hybridized carbons (Fsp3) is 0.643. The summed E-state index contributed by atoms with van der Waals surface area (Å²) >= 11 is 0. The lowest BCUT2D eigenvalue weighted by molar-refractivity contribution is 0.329. The Hall–Kier alpha value is -1.45. The fourth-order valence-electron chi connectivity index (χ4n) is 2.05. The molecule has 2 rings (SSSR count). The van der Waals surface area contributed by atoms with Gasteiger partial charge in [-0.3, -0.25) is 0 Å². The number of nitrogens with two attached hydrogens (primary N) is 1. The molecule has 1 aromatic rings. The number of unbranched alkanes of at least 4 members (excludes halogenated alkanes) is 1. The number of hydrogen-bond donors (Lipinski definition) is 1. The second-order valence-electron chi connectivity index (χ2n) is 4.77. The van der Waals surface area contributed by atoms with E-state index in [2.05, 4.69) is 16.8 Å². The maximum Gasteiger partial charge on any atom is 0.239 e. The van der Waals surface area contributed by atoms with E-state index < -0.39 is 0 Å². The molecule has 1 aliphatic rings. The summed E-state index contributed by atoms with van der Waals surface area (Å²) in [6.07, 6.45) is 4.96. The summed E-state index contributed by atoms with van der Waals surface area (Å²) in [5.41, 5.74) is 6.48. The van der Waals surface area contributed by atoms with E-state index in [-0.39, 0.29) is 0 Å². The minimum atomic E-state index is 0.567. The van der Waals surface area contributed by atoms with Crippen LogP contribution < -0.4 is 15.4 Å². The van der Waals surface area contributed by atoms with Crippen molar-refractivity contribution in [2.75, 3.05) is 23.8 Å². The monoisotopic (exact) mass is 249 g/mol. The third kappa shape index (κ3) is 3.06. The van der Waals surface area contributed by atoms with Gasteiger partial charge in [-0.1, -0.05) is 13.3 Å². The zero-order valence-corrected chi connectivity index (χ0v) is 11.4. The largest absolute Gasteiger partial charge is 0.476 e. The van der Waals surface area contributed by atoms with Gasteiger partial charge in [-0.15, -0.1) is 0 Å². The molecule has 1 aromatic heterocycles. The fourth-order valence-corrected chi connectivity index (χ4v) is 2.05. The van der Waals surface area contributed by atoms with Crippen molar-refractivity contribution in [2.24, 2.45) is 0 Å². The first kappa shape index (κ1) is 13.0. The minimum Gasteiger partial charge on any atom is -0.476 e. The average Bonchev–Trinajstić information content (AvgIpc) is 3.18. The van der Waals surface area contributed by atoms with Crippen LogP contribution in [0.25, 0.3) is 0 Å². The lowest BCUT2D eigenvalue weighted by Gasteiger charge is -2.24. The van der Waals surface area contributed by atoms with E-state index in [4.69, 9.17) is 10.5 Å². The van der Waals surface area contributed by atoms with Gasteiger partial charge in [0.15, 0.2) is 0 Å². The zero-order chi connectivity index (χ0) is 13.0. The van der Waals surface area contributed by atoms with E-state index in [1.807, 2.05) is 19.1 Å². The average molecular weight is 249 g/mol. The lowest BCUT2D eigenvalue weighted by Crippen LogP contribution is -2.27. The van der Waals surface area contributed by atoms with E-state index >= 15 is 0 Å². The number of nitrogens with zero attached hydrogens (tertiary/aromatic N) is 2. The van der Waals surface area contributed by atoms with E-state index in [1.54, 1.807) is 0 Å². The quantitative estimate of drug-likeness (QED) is 0.807. The van der Waals surface area contributed by atoms with Crippen LogP contribution in [0, 0.1) is 0 Å². The molecular weight excluding hydrogens is 226 g/mol. The smallest absolute Gasteiger partial charge is 0.239 e. The third-order valence-electron chi connectivity index (χ3n) is 3.19. The molecule has 0 amide bonds. The molecule has 4 nitrogen and oxygen atoms in total. The maximum absolute atomic E-state index is 5.86. The van der Waals surface area contributed by atoms with Crippen molar-refractivity contribution in [2.45, 2.75) is 45.6 Å². The van der Waals surface area contributed by atoms with Crippen molar-refractivity contribution >= 4 is 11.5 Å². The number of aromatic nitrogens is 1. The van der Waals surface area contributed by atoms with Gasteiger partial charge >= 0.3 is 0 Å². The minimum absolute atomic E-state index is 0.567. The molecular formula is C14H23N3O. The summed E-state index contributed by atoms with van der Waals surface area (Å²) in [6.45, 7) is 5.83. The van der Waals surface area contributed by atoms with Gasteiger partial charge < -0.3 is 15.4 Å². The van der Waals surface area contributed by atoms with Crippen LogP contribution in [0.15, 0.2) is 12.1 Å². The van der Waals surface area contributed by atoms with Crippen LogP contribution >= 0.6 is 0 Å². The summed E-state index contributed by atoms with van der Waals surface area (Å²) in [4.78, 5) is 6.95. The molecule has 4 heteroatoms. The van der Waals surface area contributed by atoms with Crippen molar-refractivity contribution in [1.82, 2.24) is 4.98 Å². The molecule has 100 valence electrons. The topological polar surface area (TPSA) is 51.4 Å². The first-order valence-electron chi connectivity index (χ1n) is 6.92. The van der Waals surface area contributed by atoms with E-state index in [9.17, 15) is 0 Å². The van der Waals surface area contributed by atoms with Crippen LogP contribution in [-0.2, 0) is 0 Å². The Bertz CT molecular complexity index is 391.